The van der Waals surface area contributed by atoms with Crippen LogP contribution in [0.15, 0.2) is 76.5 Å². The molecule has 0 spiro atoms. The van der Waals surface area contributed by atoms with Crippen LogP contribution in [0.25, 0.3) is 5.57 Å². The monoisotopic (exact) mass is 493 g/mol. The summed E-state index contributed by atoms with van der Waals surface area (Å²) in [6, 6.07) is 9.45. The molecule has 0 aliphatic heterocycles. The first-order valence-corrected chi connectivity index (χ1v) is 11.4. The van der Waals surface area contributed by atoms with Gasteiger partial charge in [0.2, 0.25) is 9.84 Å². The molecule has 0 unspecified atom stereocenters. The number of ketones is 1. The second kappa shape index (κ2) is 8.99. The van der Waals surface area contributed by atoms with Crippen LogP contribution in [0.5, 0.6) is 0 Å². The molecule has 0 fully saturated rings. The van der Waals surface area contributed by atoms with Crippen molar-refractivity contribution in [1.29, 1.82) is 5.41 Å². The molecule has 0 aromatic heterocycles. The summed E-state index contributed by atoms with van der Waals surface area (Å²) in [6.07, 6.45) is 2.11. The molecule has 0 saturated carbocycles. The Balaban J connectivity index is 1.85. The van der Waals surface area contributed by atoms with E-state index in [-0.39, 0.29) is 26.1 Å². The lowest BCUT2D eigenvalue weighted by Crippen LogP contribution is -2.19. The molecular formula is C23H15Cl2F2NO3S. The first-order chi connectivity index (χ1) is 14.9. The maximum atomic E-state index is 13.6. The topological polar surface area (TPSA) is 75.1 Å². The number of benzene rings is 2. The summed E-state index contributed by atoms with van der Waals surface area (Å²) in [6.45, 7) is 0.782. The van der Waals surface area contributed by atoms with Crippen molar-refractivity contribution in [2.45, 2.75) is 24.2 Å². The van der Waals surface area contributed by atoms with E-state index < -0.39 is 33.0 Å². The first-order valence-electron chi connectivity index (χ1n) is 9.12. The van der Waals surface area contributed by atoms with E-state index >= 15 is 0 Å². The van der Waals surface area contributed by atoms with Gasteiger partial charge in [-0.05, 0) is 47.6 Å². The number of alkyl halides is 2. The lowest BCUT2D eigenvalue weighted by molar-refractivity contribution is -0.114. The van der Waals surface area contributed by atoms with Crippen LogP contribution in [-0.2, 0) is 20.6 Å². The lowest BCUT2D eigenvalue weighted by atomic mass is 9.96. The highest BCUT2D eigenvalue weighted by molar-refractivity contribution is 8.06. The van der Waals surface area contributed by atoms with E-state index in [0.717, 1.165) is 13.0 Å². The lowest BCUT2D eigenvalue weighted by Gasteiger charge is -2.13. The Kier molecular flexibility index (Phi) is 6.70. The smallest absolute Gasteiger partial charge is 0.270 e. The van der Waals surface area contributed by atoms with Gasteiger partial charge < -0.3 is 0 Å². The number of halogens is 4. The van der Waals surface area contributed by atoms with Crippen molar-refractivity contribution in [2.75, 3.05) is 0 Å². The van der Waals surface area contributed by atoms with E-state index in [9.17, 15) is 22.0 Å². The minimum Gasteiger partial charge on any atom is -0.293 e. The van der Waals surface area contributed by atoms with Gasteiger partial charge in [0.05, 0.1) is 21.9 Å². The first kappa shape index (κ1) is 23.9. The number of sulfone groups is 1. The fourth-order valence-corrected chi connectivity index (χ4v) is 4.72. The van der Waals surface area contributed by atoms with E-state index in [1.165, 1.54) is 42.5 Å². The zero-order valence-corrected chi connectivity index (χ0v) is 18.9. The number of carbonyl (C=O) groups excluding carboxylic acids is 1. The Morgan fingerprint density at radius 1 is 1.16 bits per heavy atom. The van der Waals surface area contributed by atoms with Gasteiger partial charge in [0.25, 0.3) is 5.92 Å². The van der Waals surface area contributed by atoms with Crippen LogP contribution in [0.1, 0.15) is 24.5 Å². The Bertz CT molecular complexity index is 1380. The molecule has 2 aromatic rings. The molecule has 3 rings (SSSR count). The Morgan fingerprint density at radius 3 is 2.56 bits per heavy atom. The third kappa shape index (κ3) is 5.16. The molecular weight excluding hydrogens is 479 g/mol. The summed E-state index contributed by atoms with van der Waals surface area (Å²) in [5, 5.41) is 7.10. The summed E-state index contributed by atoms with van der Waals surface area (Å²) < 4.78 is 52.6. The fraction of sp³-hybridized carbons (Fsp3) is 0.130. The van der Waals surface area contributed by atoms with E-state index in [0.29, 0.717) is 11.1 Å². The van der Waals surface area contributed by atoms with Crippen molar-refractivity contribution in [3.8, 4) is 0 Å². The SMILES string of the molecule is CC(F)(F)c1cccc(C2=CC(C(=O)CC(=N)S(=O)(=O)c3cc(Cl)ccc3Cl)=C=C=C2)c1. The number of Topliss-reactive ketones (excluding diaryl/α,β-unsaturated/α-hetero) is 1. The zero-order valence-electron chi connectivity index (χ0n) is 16.5. The van der Waals surface area contributed by atoms with Crippen LogP contribution in [0.4, 0.5) is 8.78 Å². The van der Waals surface area contributed by atoms with Crippen molar-refractivity contribution in [2.24, 2.45) is 0 Å². The second-order valence-corrected chi connectivity index (χ2v) is 9.78. The average Bonchev–Trinajstić information content (AvgIpc) is 2.74. The molecule has 0 atom stereocenters. The molecule has 0 bridgehead atoms. The molecule has 164 valence electrons. The maximum Gasteiger partial charge on any atom is 0.270 e. The normalized spacial score (nSPS) is 13.5. The number of nitrogens with one attached hydrogen (secondary N) is 1. The quantitative estimate of drug-likeness (QED) is 0.298. The number of allylic oxidation sites excluding steroid dienone is 4. The summed E-state index contributed by atoms with van der Waals surface area (Å²) in [4.78, 5) is 12.3. The van der Waals surface area contributed by atoms with Crippen molar-refractivity contribution in [1.82, 2.24) is 0 Å². The zero-order chi connectivity index (χ0) is 23.7. The molecule has 9 heteroatoms. The summed E-state index contributed by atoms with van der Waals surface area (Å²) >= 11 is 11.8. The summed E-state index contributed by atoms with van der Waals surface area (Å²) in [7, 11) is -4.34. The van der Waals surface area contributed by atoms with Crippen LogP contribution < -0.4 is 0 Å². The van der Waals surface area contributed by atoms with Gasteiger partial charge in [-0.2, -0.15) is 0 Å². The highest BCUT2D eigenvalue weighted by Gasteiger charge is 2.27. The number of rotatable bonds is 6. The molecule has 32 heavy (non-hydrogen) atoms. The highest BCUT2D eigenvalue weighted by atomic mass is 35.5. The molecule has 0 heterocycles. The molecule has 1 aliphatic rings. The number of carbonyl (C=O) groups is 1. The second-order valence-electron chi connectivity index (χ2n) is 7.00. The molecule has 0 amide bonds. The van der Waals surface area contributed by atoms with E-state index in [1.807, 2.05) is 0 Å². The molecule has 4 nitrogen and oxygen atoms in total. The minimum absolute atomic E-state index is 0.0340. The number of hydrogen-bond donors (Lipinski definition) is 1. The van der Waals surface area contributed by atoms with Crippen molar-refractivity contribution in [3.63, 3.8) is 0 Å². The van der Waals surface area contributed by atoms with Gasteiger partial charge in [-0.25, -0.2) is 17.2 Å². The third-order valence-electron chi connectivity index (χ3n) is 4.57. The third-order valence-corrected chi connectivity index (χ3v) is 6.95. The van der Waals surface area contributed by atoms with Crippen LogP contribution in [0.3, 0.4) is 0 Å². The van der Waals surface area contributed by atoms with Crippen LogP contribution in [-0.4, -0.2) is 19.2 Å². The fourth-order valence-electron chi connectivity index (χ4n) is 2.87. The van der Waals surface area contributed by atoms with Gasteiger partial charge in [-0.3, -0.25) is 10.2 Å². The molecule has 1 N–H and O–H groups in total. The maximum absolute atomic E-state index is 13.6. The van der Waals surface area contributed by atoms with Crippen LogP contribution in [0.2, 0.25) is 10.0 Å². The van der Waals surface area contributed by atoms with Gasteiger partial charge in [0.1, 0.15) is 5.04 Å². The molecule has 0 saturated heterocycles. The standard InChI is InChI=1S/C23H15Cl2F2NO3S/c1-23(26,27)17-7-3-5-15(11-17)14-4-2-6-16(10-14)20(29)13-22(28)32(30,31)21-12-18(24)8-9-19(21)25/h3-5,7-12,28H,13H2,1H3. The van der Waals surface area contributed by atoms with Gasteiger partial charge in [0, 0.05) is 17.5 Å². The Morgan fingerprint density at radius 2 is 1.88 bits per heavy atom. The molecule has 2 aromatic carbocycles. The van der Waals surface area contributed by atoms with Gasteiger partial charge in [0.15, 0.2) is 5.78 Å². The van der Waals surface area contributed by atoms with Gasteiger partial charge >= 0.3 is 0 Å². The molecule has 1 aliphatic carbocycles. The van der Waals surface area contributed by atoms with E-state index in [1.54, 1.807) is 6.07 Å². The average molecular weight is 494 g/mol. The van der Waals surface area contributed by atoms with E-state index in [2.05, 4.69) is 11.5 Å². The van der Waals surface area contributed by atoms with E-state index in [4.69, 9.17) is 28.6 Å². The Labute approximate surface area is 193 Å². The number of hydrogen-bond acceptors (Lipinski definition) is 4. The highest BCUT2D eigenvalue weighted by Crippen LogP contribution is 2.31. The van der Waals surface area contributed by atoms with Gasteiger partial charge in [-0.1, -0.05) is 52.9 Å². The van der Waals surface area contributed by atoms with Gasteiger partial charge in [-0.15, -0.1) is 0 Å². The predicted octanol–water partition coefficient (Wildman–Crippen LogP) is 6.15. The van der Waals surface area contributed by atoms with Crippen LogP contribution >= 0.6 is 23.2 Å². The predicted molar refractivity (Wildman–Crippen MR) is 120 cm³/mol. The minimum atomic E-state index is -4.34. The summed E-state index contributed by atoms with van der Waals surface area (Å²) in [5.41, 5.74) is 5.84. The van der Waals surface area contributed by atoms with Crippen molar-refractivity contribution < 1.29 is 22.0 Å². The van der Waals surface area contributed by atoms with Crippen molar-refractivity contribution in [3.05, 3.63) is 92.8 Å². The van der Waals surface area contributed by atoms with Crippen LogP contribution in [0, 0.1) is 5.41 Å². The van der Waals surface area contributed by atoms with Crippen molar-refractivity contribution >= 4 is 49.4 Å². The molecule has 0 radical (unpaired) electrons. The Hall–Kier alpha value is -2.79. The largest absolute Gasteiger partial charge is 0.293 e. The summed E-state index contributed by atoms with van der Waals surface area (Å²) in [5.74, 6) is -3.74.